The van der Waals surface area contributed by atoms with Gasteiger partial charge in [-0.2, -0.15) is 0 Å². The highest BCUT2D eigenvalue weighted by Crippen LogP contribution is 2.85. The van der Waals surface area contributed by atoms with E-state index in [0.29, 0.717) is 36.0 Å². The van der Waals surface area contributed by atoms with Crippen LogP contribution in [0.2, 0.25) is 0 Å². The second-order valence-electron chi connectivity index (χ2n) is 8.01. The Hall–Kier alpha value is -1.32. The Kier molecular flexibility index (Phi) is 1.72. The summed E-state index contributed by atoms with van der Waals surface area (Å²) in [5.74, 6) is 2.45. The number of rotatable bonds is 2. The molecule has 4 saturated carbocycles. The molecule has 5 aliphatic carbocycles. The van der Waals surface area contributed by atoms with Crippen LogP contribution in [-0.4, -0.2) is 24.1 Å². The number of allylic oxidation sites excluding steroid dienone is 2. The molecule has 0 aromatic carbocycles. The van der Waals surface area contributed by atoms with Crippen LogP contribution >= 0.6 is 0 Å². The van der Waals surface area contributed by atoms with Crippen molar-refractivity contribution in [3.05, 3.63) is 12.2 Å². The van der Waals surface area contributed by atoms with Gasteiger partial charge in [0, 0.05) is 11.8 Å². The summed E-state index contributed by atoms with van der Waals surface area (Å²) in [5.41, 5.74) is 0.180. The number of ether oxygens (including phenoxy) is 2. The predicted octanol–water partition coefficient (Wildman–Crippen LogP) is 1.69. The lowest BCUT2D eigenvalue weighted by Crippen LogP contribution is -2.44. The van der Waals surface area contributed by atoms with Crippen LogP contribution in [0.4, 0.5) is 0 Å². The topological polar surface area (TPSA) is 52.6 Å². The van der Waals surface area contributed by atoms with Gasteiger partial charge >= 0.3 is 11.9 Å². The molecular weight excluding hydrogens is 268 g/mol. The molecule has 9 unspecified atom stereocenters. The molecule has 1 aliphatic heterocycles. The molecule has 0 aromatic heterocycles. The van der Waals surface area contributed by atoms with E-state index < -0.39 is 0 Å². The van der Waals surface area contributed by atoms with Crippen LogP contribution in [0.5, 0.6) is 0 Å². The SMILES string of the molecule is O=C1CC23C4CC2C3C(O1)C4OC(=O)C1CC2C=CC1C2. The lowest BCUT2D eigenvalue weighted by Gasteiger charge is -2.38. The van der Waals surface area contributed by atoms with Crippen LogP contribution in [0.1, 0.15) is 25.7 Å². The van der Waals surface area contributed by atoms with Gasteiger partial charge in [0.2, 0.25) is 0 Å². The first kappa shape index (κ1) is 11.3. The first-order valence-corrected chi connectivity index (χ1v) is 8.27. The van der Waals surface area contributed by atoms with Crippen molar-refractivity contribution in [2.75, 3.05) is 0 Å². The van der Waals surface area contributed by atoms with Crippen molar-refractivity contribution in [3.63, 3.8) is 0 Å². The van der Waals surface area contributed by atoms with Crippen molar-refractivity contribution in [1.82, 2.24) is 0 Å². The summed E-state index contributed by atoms with van der Waals surface area (Å²) in [6.07, 6.45) is 7.89. The third-order valence-electron chi connectivity index (χ3n) is 7.46. The van der Waals surface area contributed by atoms with Gasteiger partial charge in [-0.3, -0.25) is 9.59 Å². The molecule has 0 radical (unpaired) electrons. The zero-order valence-corrected chi connectivity index (χ0v) is 11.7. The molecule has 4 heteroatoms. The quantitative estimate of drug-likeness (QED) is 0.572. The van der Waals surface area contributed by atoms with Crippen molar-refractivity contribution in [2.45, 2.75) is 37.9 Å². The summed E-state index contributed by atoms with van der Waals surface area (Å²) in [6.45, 7) is 0. The monoisotopic (exact) mass is 286 g/mol. The van der Waals surface area contributed by atoms with Crippen molar-refractivity contribution in [3.8, 4) is 0 Å². The van der Waals surface area contributed by atoms with Gasteiger partial charge in [0.15, 0.2) is 0 Å². The summed E-state index contributed by atoms with van der Waals surface area (Å²) < 4.78 is 11.4. The Balaban J connectivity index is 1.24. The molecule has 9 atom stereocenters. The van der Waals surface area contributed by atoms with Gasteiger partial charge in [-0.25, -0.2) is 0 Å². The Morgan fingerprint density at radius 3 is 2.90 bits per heavy atom. The zero-order chi connectivity index (χ0) is 13.9. The number of hydrogen-bond donors (Lipinski definition) is 0. The molecule has 1 saturated heterocycles. The van der Waals surface area contributed by atoms with Crippen LogP contribution in [0, 0.1) is 40.9 Å². The van der Waals surface area contributed by atoms with Crippen LogP contribution in [-0.2, 0) is 19.1 Å². The Morgan fingerprint density at radius 2 is 2.14 bits per heavy atom. The summed E-state index contributed by atoms with van der Waals surface area (Å²) in [6, 6.07) is 0. The summed E-state index contributed by atoms with van der Waals surface area (Å²) >= 11 is 0. The average molecular weight is 286 g/mol. The molecule has 1 spiro atoms. The number of fused-ring (bicyclic) bond motifs is 2. The third kappa shape index (κ3) is 1.10. The van der Waals surface area contributed by atoms with E-state index in [4.69, 9.17) is 9.47 Å². The molecule has 4 bridgehead atoms. The number of carbonyl (C=O) groups excluding carboxylic acids is 2. The van der Waals surface area contributed by atoms with Gasteiger partial charge in [-0.1, -0.05) is 12.2 Å². The Morgan fingerprint density at radius 1 is 1.24 bits per heavy atom. The lowest BCUT2D eigenvalue weighted by molar-refractivity contribution is -0.175. The molecule has 0 amide bonds. The Labute approximate surface area is 122 Å². The zero-order valence-electron chi connectivity index (χ0n) is 11.7. The van der Waals surface area contributed by atoms with E-state index in [1.165, 1.54) is 0 Å². The Bertz CT molecular complexity index is 610. The highest BCUT2D eigenvalue weighted by atomic mass is 16.6. The summed E-state index contributed by atoms with van der Waals surface area (Å²) in [4.78, 5) is 24.3. The van der Waals surface area contributed by atoms with E-state index >= 15 is 0 Å². The van der Waals surface area contributed by atoms with Gasteiger partial charge in [0.05, 0.1) is 12.3 Å². The molecule has 5 fully saturated rings. The van der Waals surface area contributed by atoms with Crippen molar-refractivity contribution >= 4 is 11.9 Å². The predicted molar refractivity (Wildman–Crippen MR) is 70.7 cm³/mol. The lowest BCUT2D eigenvalue weighted by atomic mass is 9.69. The van der Waals surface area contributed by atoms with Gasteiger partial charge in [0.1, 0.15) is 12.2 Å². The number of hydrogen-bond acceptors (Lipinski definition) is 4. The van der Waals surface area contributed by atoms with E-state index in [9.17, 15) is 9.59 Å². The number of carbonyl (C=O) groups is 2. The summed E-state index contributed by atoms with van der Waals surface area (Å²) in [7, 11) is 0. The molecular formula is C17H18O4. The molecule has 21 heavy (non-hydrogen) atoms. The second kappa shape index (κ2) is 3.21. The maximum atomic E-state index is 12.5. The van der Waals surface area contributed by atoms with Gasteiger partial charge in [-0.15, -0.1) is 0 Å². The standard InChI is InChI=1S/C17H18O4/c18-12-6-17-10-5-11(17)14(15(20-12)13(10)17)21-16(19)9-4-7-1-2-8(9)3-7/h1-2,7-11,13-15H,3-6H2. The fourth-order valence-electron chi connectivity index (χ4n) is 6.59. The van der Waals surface area contributed by atoms with Crippen molar-refractivity contribution < 1.29 is 19.1 Å². The minimum atomic E-state index is -0.151. The average Bonchev–Trinajstić information content (AvgIpc) is 2.89. The summed E-state index contributed by atoms with van der Waals surface area (Å²) in [5, 5.41) is 0. The van der Waals surface area contributed by atoms with E-state index in [2.05, 4.69) is 12.2 Å². The maximum Gasteiger partial charge on any atom is 0.309 e. The second-order valence-corrected chi connectivity index (χ2v) is 8.01. The van der Waals surface area contributed by atoms with Gasteiger partial charge in [-0.05, 0) is 42.4 Å². The fourth-order valence-corrected chi connectivity index (χ4v) is 6.59. The first-order chi connectivity index (χ1) is 10.2. The molecule has 1 heterocycles. The molecule has 110 valence electrons. The van der Waals surface area contributed by atoms with Gasteiger partial charge in [0.25, 0.3) is 0 Å². The van der Waals surface area contributed by atoms with E-state index in [0.717, 1.165) is 19.3 Å². The van der Waals surface area contributed by atoms with Crippen LogP contribution in [0.3, 0.4) is 0 Å². The number of esters is 2. The normalized spacial score (nSPS) is 60.3. The smallest absolute Gasteiger partial charge is 0.309 e. The minimum Gasteiger partial charge on any atom is -0.458 e. The highest BCUT2D eigenvalue weighted by molar-refractivity contribution is 5.77. The van der Waals surface area contributed by atoms with Gasteiger partial charge < -0.3 is 9.47 Å². The largest absolute Gasteiger partial charge is 0.458 e. The third-order valence-corrected chi connectivity index (χ3v) is 7.46. The van der Waals surface area contributed by atoms with E-state index in [1.54, 1.807) is 0 Å². The molecule has 0 aromatic rings. The molecule has 4 nitrogen and oxygen atoms in total. The van der Waals surface area contributed by atoms with E-state index in [1.807, 2.05) is 0 Å². The molecule has 6 rings (SSSR count). The maximum absolute atomic E-state index is 12.5. The van der Waals surface area contributed by atoms with Crippen molar-refractivity contribution in [2.24, 2.45) is 40.9 Å². The molecule has 0 N–H and O–H groups in total. The van der Waals surface area contributed by atoms with Crippen LogP contribution in [0.25, 0.3) is 0 Å². The van der Waals surface area contributed by atoms with E-state index in [-0.39, 0.29) is 35.5 Å². The minimum absolute atomic E-state index is 0.0419. The highest BCUT2D eigenvalue weighted by Gasteiger charge is 2.88. The molecule has 6 aliphatic rings. The first-order valence-electron chi connectivity index (χ1n) is 8.27. The van der Waals surface area contributed by atoms with Crippen LogP contribution < -0.4 is 0 Å². The van der Waals surface area contributed by atoms with Crippen molar-refractivity contribution in [1.29, 1.82) is 0 Å². The van der Waals surface area contributed by atoms with Crippen LogP contribution in [0.15, 0.2) is 12.2 Å². The fraction of sp³-hybridized carbons (Fsp3) is 0.765.